The maximum Gasteiger partial charge on any atom is 0.0396 e. The van der Waals surface area contributed by atoms with Gasteiger partial charge in [0, 0.05) is 31.4 Å². The molecule has 21 heavy (non-hydrogen) atoms. The van der Waals surface area contributed by atoms with Gasteiger partial charge in [-0.25, -0.2) is 0 Å². The summed E-state index contributed by atoms with van der Waals surface area (Å²) in [5.41, 5.74) is 4.88. The Kier molecular flexibility index (Phi) is 4.26. The first-order valence-corrected chi connectivity index (χ1v) is 8.73. The lowest BCUT2D eigenvalue weighted by molar-refractivity contribution is 0.301. The molecule has 0 radical (unpaired) electrons. The smallest absolute Gasteiger partial charge is 0.0396 e. The van der Waals surface area contributed by atoms with Crippen molar-refractivity contribution in [2.45, 2.75) is 65.5 Å². The van der Waals surface area contributed by atoms with Gasteiger partial charge in [-0.2, -0.15) is 0 Å². The summed E-state index contributed by atoms with van der Waals surface area (Å²) < 4.78 is 0. The highest BCUT2D eigenvalue weighted by Crippen LogP contribution is 2.39. The van der Waals surface area contributed by atoms with Gasteiger partial charge in [-0.3, -0.25) is 0 Å². The maximum absolute atomic E-state index is 3.61. The van der Waals surface area contributed by atoms with Crippen LogP contribution in [-0.4, -0.2) is 19.1 Å². The number of anilines is 1. The second kappa shape index (κ2) is 6.00. The Labute approximate surface area is 129 Å². The molecule has 1 aromatic carbocycles. The Bertz CT molecular complexity index is 486. The quantitative estimate of drug-likeness (QED) is 0.840. The van der Waals surface area contributed by atoms with Gasteiger partial charge in [0.2, 0.25) is 0 Å². The van der Waals surface area contributed by atoms with Crippen molar-refractivity contribution in [1.29, 1.82) is 0 Å². The average molecular weight is 286 g/mol. The van der Waals surface area contributed by atoms with Crippen molar-refractivity contribution in [1.82, 2.24) is 5.32 Å². The van der Waals surface area contributed by atoms with Gasteiger partial charge in [0.15, 0.2) is 0 Å². The van der Waals surface area contributed by atoms with E-state index in [4.69, 9.17) is 0 Å². The summed E-state index contributed by atoms with van der Waals surface area (Å²) >= 11 is 0. The molecule has 1 saturated heterocycles. The molecule has 0 aromatic heterocycles. The Balaban J connectivity index is 1.68. The van der Waals surface area contributed by atoms with Crippen LogP contribution in [0, 0.1) is 12.3 Å². The van der Waals surface area contributed by atoms with E-state index in [9.17, 15) is 0 Å². The van der Waals surface area contributed by atoms with Gasteiger partial charge >= 0.3 is 0 Å². The molecule has 2 aliphatic rings. The minimum atomic E-state index is 0.554. The van der Waals surface area contributed by atoms with Crippen molar-refractivity contribution < 1.29 is 0 Å². The van der Waals surface area contributed by atoms with Crippen LogP contribution in [0.5, 0.6) is 0 Å². The molecule has 116 valence electrons. The largest absolute Gasteiger partial charge is 0.371 e. The Morgan fingerprint density at radius 3 is 2.57 bits per heavy atom. The zero-order chi connectivity index (χ0) is 14.9. The molecule has 3 rings (SSSR count). The lowest BCUT2D eigenvalue weighted by atomic mass is 9.82. The van der Waals surface area contributed by atoms with Gasteiger partial charge in [-0.1, -0.05) is 26.0 Å². The van der Waals surface area contributed by atoms with Crippen molar-refractivity contribution in [3.8, 4) is 0 Å². The van der Waals surface area contributed by atoms with Crippen LogP contribution in [-0.2, 0) is 6.54 Å². The molecule has 1 aliphatic heterocycles. The summed E-state index contributed by atoms with van der Waals surface area (Å²) in [7, 11) is 0. The normalized spacial score (nSPS) is 21.0. The molecule has 0 spiro atoms. The van der Waals surface area contributed by atoms with Gasteiger partial charge in [-0.05, 0) is 61.6 Å². The van der Waals surface area contributed by atoms with Crippen molar-refractivity contribution in [3.63, 3.8) is 0 Å². The van der Waals surface area contributed by atoms with Crippen molar-refractivity contribution in [3.05, 3.63) is 29.3 Å². The predicted octanol–water partition coefficient (Wildman–Crippen LogP) is 4.26. The minimum absolute atomic E-state index is 0.554. The number of benzene rings is 1. The highest BCUT2D eigenvalue weighted by Gasteiger charge is 2.35. The molecular weight excluding hydrogens is 256 g/mol. The van der Waals surface area contributed by atoms with E-state index in [-0.39, 0.29) is 0 Å². The molecule has 0 unspecified atom stereocenters. The molecule has 1 aromatic rings. The fourth-order valence-corrected chi connectivity index (χ4v) is 3.70. The fourth-order valence-electron chi connectivity index (χ4n) is 3.70. The van der Waals surface area contributed by atoms with E-state index in [1.807, 2.05) is 0 Å². The average Bonchev–Trinajstić information content (AvgIpc) is 3.24. The number of hydrogen-bond acceptors (Lipinski definition) is 2. The predicted molar refractivity (Wildman–Crippen MR) is 90.9 cm³/mol. The molecule has 0 bridgehead atoms. The molecule has 1 aliphatic carbocycles. The molecule has 2 nitrogen and oxygen atoms in total. The van der Waals surface area contributed by atoms with Crippen molar-refractivity contribution in [2.24, 2.45) is 5.41 Å². The van der Waals surface area contributed by atoms with Gasteiger partial charge in [-0.15, -0.1) is 0 Å². The summed E-state index contributed by atoms with van der Waals surface area (Å²) in [5.74, 6) is 0. The molecule has 2 fully saturated rings. The number of rotatable bonds is 6. The number of nitrogens with one attached hydrogen (secondary N) is 1. The first-order chi connectivity index (χ1) is 10.2. The van der Waals surface area contributed by atoms with E-state index in [0.717, 1.165) is 12.6 Å². The van der Waals surface area contributed by atoms with E-state index >= 15 is 0 Å². The van der Waals surface area contributed by atoms with E-state index in [1.54, 1.807) is 0 Å². The highest BCUT2D eigenvalue weighted by atomic mass is 15.2. The van der Waals surface area contributed by atoms with E-state index in [2.05, 4.69) is 49.2 Å². The lowest BCUT2D eigenvalue weighted by Gasteiger charge is -2.28. The van der Waals surface area contributed by atoms with Crippen LogP contribution in [0.3, 0.4) is 0 Å². The summed E-state index contributed by atoms with van der Waals surface area (Å²) in [6.07, 6.45) is 6.69. The minimum Gasteiger partial charge on any atom is -0.371 e. The molecule has 0 amide bonds. The standard InChI is InChI=1S/C19H30N2/c1-4-19(5-2)10-11-21(14-19)18-9-6-16(12-15(18)3)13-20-17-7-8-17/h6,9,12,17,20H,4-5,7-8,10-11,13-14H2,1-3H3. The monoisotopic (exact) mass is 286 g/mol. The third-order valence-corrected chi connectivity index (χ3v) is 5.71. The van der Waals surface area contributed by atoms with Crippen LogP contribution in [0.2, 0.25) is 0 Å². The Morgan fingerprint density at radius 1 is 1.24 bits per heavy atom. The second-order valence-corrected chi connectivity index (χ2v) is 7.15. The van der Waals surface area contributed by atoms with Gasteiger partial charge in [0.1, 0.15) is 0 Å². The zero-order valence-corrected chi connectivity index (χ0v) is 13.9. The van der Waals surface area contributed by atoms with Gasteiger partial charge in [0.25, 0.3) is 0 Å². The molecular formula is C19H30N2. The third-order valence-electron chi connectivity index (χ3n) is 5.71. The van der Waals surface area contributed by atoms with Crippen LogP contribution in [0.15, 0.2) is 18.2 Å². The molecule has 1 heterocycles. The summed E-state index contributed by atoms with van der Waals surface area (Å²) in [5, 5.41) is 3.61. The first kappa shape index (κ1) is 14.9. The fraction of sp³-hybridized carbons (Fsp3) is 0.684. The number of nitrogens with zero attached hydrogens (tertiary/aromatic N) is 1. The zero-order valence-electron chi connectivity index (χ0n) is 13.9. The highest BCUT2D eigenvalue weighted by molar-refractivity contribution is 5.55. The van der Waals surface area contributed by atoms with Crippen LogP contribution in [0.1, 0.15) is 57.1 Å². The van der Waals surface area contributed by atoms with Crippen LogP contribution >= 0.6 is 0 Å². The van der Waals surface area contributed by atoms with E-state index in [0.29, 0.717) is 5.41 Å². The SMILES string of the molecule is CCC1(CC)CCN(c2ccc(CNC3CC3)cc2C)C1. The van der Waals surface area contributed by atoms with Crippen LogP contribution < -0.4 is 10.2 Å². The molecule has 1 saturated carbocycles. The number of hydrogen-bond donors (Lipinski definition) is 1. The van der Waals surface area contributed by atoms with E-state index in [1.165, 1.54) is 62.0 Å². The second-order valence-electron chi connectivity index (χ2n) is 7.15. The summed E-state index contributed by atoms with van der Waals surface area (Å²) in [4.78, 5) is 2.61. The molecule has 0 atom stereocenters. The Morgan fingerprint density at radius 2 is 2.00 bits per heavy atom. The molecule has 2 heteroatoms. The van der Waals surface area contributed by atoms with Crippen molar-refractivity contribution >= 4 is 5.69 Å². The van der Waals surface area contributed by atoms with E-state index < -0.39 is 0 Å². The number of aryl methyl sites for hydroxylation is 1. The summed E-state index contributed by atoms with van der Waals surface area (Å²) in [6.45, 7) is 10.5. The van der Waals surface area contributed by atoms with Crippen molar-refractivity contribution in [2.75, 3.05) is 18.0 Å². The van der Waals surface area contributed by atoms with Crippen LogP contribution in [0.25, 0.3) is 0 Å². The lowest BCUT2D eigenvalue weighted by Crippen LogP contribution is -2.26. The Hall–Kier alpha value is -1.02. The first-order valence-electron chi connectivity index (χ1n) is 8.73. The van der Waals surface area contributed by atoms with Gasteiger partial charge < -0.3 is 10.2 Å². The molecule has 1 N–H and O–H groups in total. The maximum atomic E-state index is 3.61. The third kappa shape index (κ3) is 3.26. The van der Waals surface area contributed by atoms with Crippen LogP contribution in [0.4, 0.5) is 5.69 Å². The van der Waals surface area contributed by atoms with Gasteiger partial charge in [0.05, 0.1) is 0 Å². The summed E-state index contributed by atoms with van der Waals surface area (Å²) in [6, 6.07) is 7.83. The topological polar surface area (TPSA) is 15.3 Å².